The van der Waals surface area contributed by atoms with Gasteiger partial charge in [-0.05, 0) is 12.1 Å². The maximum atomic E-state index is 11.6. The van der Waals surface area contributed by atoms with Crippen LogP contribution in [-0.2, 0) is 4.79 Å². The Kier molecular flexibility index (Phi) is 5.45. The van der Waals surface area contributed by atoms with E-state index in [1.165, 1.54) is 13.2 Å². The van der Waals surface area contributed by atoms with E-state index in [1.54, 1.807) is 12.1 Å². The molecule has 18 heavy (non-hydrogen) atoms. The lowest BCUT2D eigenvalue weighted by Gasteiger charge is -2.09. The van der Waals surface area contributed by atoms with Crippen LogP contribution in [0.3, 0.4) is 0 Å². The van der Waals surface area contributed by atoms with Crippen LogP contribution in [0.1, 0.15) is 20.3 Å². The summed E-state index contributed by atoms with van der Waals surface area (Å²) in [7, 11) is 1.48. The monoisotopic (exact) mass is 252 g/mol. The van der Waals surface area contributed by atoms with Crippen LogP contribution in [0.15, 0.2) is 18.2 Å². The fraction of sp³-hybridized carbons (Fsp3) is 0.462. The van der Waals surface area contributed by atoms with E-state index in [2.05, 4.69) is 10.6 Å². The van der Waals surface area contributed by atoms with Crippen LogP contribution < -0.4 is 15.4 Å². The van der Waals surface area contributed by atoms with Crippen LogP contribution in [0.25, 0.3) is 0 Å². The molecule has 100 valence electrons. The number of amides is 1. The molecule has 1 aromatic rings. The smallest absolute Gasteiger partial charge is 0.225 e. The van der Waals surface area contributed by atoms with Gasteiger partial charge in [-0.1, -0.05) is 13.8 Å². The second kappa shape index (κ2) is 6.86. The minimum absolute atomic E-state index is 0.00982. The third-order valence-electron chi connectivity index (χ3n) is 2.37. The third-order valence-corrected chi connectivity index (χ3v) is 2.37. The largest absolute Gasteiger partial charge is 0.504 e. The summed E-state index contributed by atoms with van der Waals surface area (Å²) in [5, 5.41) is 15.4. The molecule has 0 fully saturated rings. The van der Waals surface area contributed by atoms with Gasteiger partial charge in [0.15, 0.2) is 11.5 Å². The first-order valence-corrected chi connectivity index (χ1v) is 5.93. The highest BCUT2D eigenvalue weighted by atomic mass is 16.5. The van der Waals surface area contributed by atoms with Crippen molar-refractivity contribution >= 4 is 11.6 Å². The highest BCUT2D eigenvalue weighted by Crippen LogP contribution is 2.28. The molecule has 0 saturated heterocycles. The van der Waals surface area contributed by atoms with Gasteiger partial charge in [0.25, 0.3) is 0 Å². The van der Waals surface area contributed by atoms with Crippen molar-refractivity contribution in [2.24, 2.45) is 0 Å². The number of benzene rings is 1. The van der Waals surface area contributed by atoms with Gasteiger partial charge in [0.1, 0.15) is 0 Å². The van der Waals surface area contributed by atoms with E-state index in [9.17, 15) is 9.90 Å². The minimum Gasteiger partial charge on any atom is -0.504 e. The molecule has 0 aliphatic carbocycles. The first-order valence-electron chi connectivity index (χ1n) is 5.93. The molecule has 0 bridgehead atoms. The first-order chi connectivity index (χ1) is 8.52. The number of anilines is 1. The highest BCUT2D eigenvalue weighted by Gasteiger charge is 2.06. The quantitative estimate of drug-likeness (QED) is 0.721. The van der Waals surface area contributed by atoms with Crippen molar-refractivity contribution in [3.63, 3.8) is 0 Å². The Labute approximate surface area is 107 Å². The number of phenols is 1. The van der Waals surface area contributed by atoms with E-state index in [0.29, 0.717) is 30.4 Å². The van der Waals surface area contributed by atoms with E-state index in [-0.39, 0.29) is 11.7 Å². The molecule has 0 radical (unpaired) electrons. The average molecular weight is 252 g/mol. The average Bonchev–Trinajstić information content (AvgIpc) is 2.28. The number of phenolic OH excluding ortho intramolecular Hbond substituents is 1. The van der Waals surface area contributed by atoms with Crippen molar-refractivity contribution in [1.82, 2.24) is 5.32 Å². The summed E-state index contributed by atoms with van der Waals surface area (Å²) in [6, 6.07) is 5.12. The van der Waals surface area contributed by atoms with Crippen LogP contribution >= 0.6 is 0 Å². The molecule has 1 amide bonds. The molecule has 0 aliphatic heterocycles. The summed E-state index contributed by atoms with van der Waals surface area (Å²) in [5.41, 5.74) is 0.558. The van der Waals surface area contributed by atoms with E-state index < -0.39 is 0 Å². The van der Waals surface area contributed by atoms with Crippen LogP contribution in [0.5, 0.6) is 11.5 Å². The second-order valence-electron chi connectivity index (χ2n) is 4.29. The lowest BCUT2D eigenvalue weighted by atomic mass is 10.2. The summed E-state index contributed by atoms with van der Waals surface area (Å²) < 4.78 is 4.92. The number of nitrogens with one attached hydrogen (secondary N) is 2. The lowest BCUT2D eigenvalue weighted by molar-refractivity contribution is -0.116. The van der Waals surface area contributed by atoms with Crippen molar-refractivity contribution < 1.29 is 14.6 Å². The number of hydrogen-bond donors (Lipinski definition) is 3. The van der Waals surface area contributed by atoms with Crippen LogP contribution in [0.4, 0.5) is 5.69 Å². The van der Waals surface area contributed by atoms with Crippen LogP contribution in [-0.4, -0.2) is 30.7 Å². The van der Waals surface area contributed by atoms with Gasteiger partial charge in [-0.3, -0.25) is 4.79 Å². The molecular formula is C13H20N2O3. The second-order valence-corrected chi connectivity index (χ2v) is 4.29. The van der Waals surface area contributed by atoms with Gasteiger partial charge in [-0.15, -0.1) is 0 Å². The van der Waals surface area contributed by atoms with Crippen molar-refractivity contribution in [2.75, 3.05) is 19.0 Å². The van der Waals surface area contributed by atoms with Gasteiger partial charge in [0, 0.05) is 30.8 Å². The Morgan fingerprint density at radius 3 is 2.72 bits per heavy atom. The fourth-order valence-electron chi connectivity index (χ4n) is 1.47. The number of carbonyl (C=O) groups excluding carboxylic acids is 1. The molecule has 0 aliphatic rings. The molecule has 5 nitrogen and oxygen atoms in total. The van der Waals surface area contributed by atoms with Crippen molar-refractivity contribution in [2.45, 2.75) is 26.3 Å². The van der Waals surface area contributed by atoms with E-state index in [1.807, 2.05) is 13.8 Å². The molecule has 0 unspecified atom stereocenters. The first kappa shape index (κ1) is 14.3. The van der Waals surface area contributed by atoms with Gasteiger partial charge in [-0.25, -0.2) is 0 Å². The molecule has 1 aromatic carbocycles. The van der Waals surface area contributed by atoms with Crippen LogP contribution in [0.2, 0.25) is 0 Å². The van der Waals surface area contributed by atoms with Gasteiger partial charge in [0.2, 0.25) is 5.91 Å². The SMILES string of the molecule is COc1ccc(NC(=O)CCNC(C)C)cc1O. The van der Waals surface area contributed by atoms with Crippen LogP contribution in [0, 0.1) is 0 Å². The number of carbonyl (C=O) groups is 1. The zero-order chi connectivity index (χ0) is 13.5. The van der Waals surface area contributed by atoms with E-state index >= 15 is 0 Å². The standard InChI is InChI=1S/C13H20N2O3/c1-9(2)14-7-6-13(17)15-10-4-5-12(18-3)11(16)8-10/h4-5,8-9,14,16H,6-7H2,1-3H3,(H,15,17). The summed E-state index contributed by atoms with van der Waals surface area (Å²) >= 11 is 0. The molecular weight excluding hydrogens is 232 g/mol. The Morgan fingerprint density at radius 2 is 2.17 bits per heavy atom. The van der Waals surface area contributed by atoms with E-state index in [0.717, 1.165) is 0 Å². The maximum absolute atomic E-state index is 11.6. The predicted molar refractivity (Wildman–Crippen MR) is 71.0 cm³/mol. The van der Waals surface area contributed by atoms with Crippen molar-refractivity contribution in [3.05, 3.63) is 18.2 Å². The molecule has 1 rings (SSSR count). The van der Waals surface area contributed by atoms with Crippen molar-refractivity contribution in [1.29, 1.82) is 0 Å². The van der Waals surface area contributed by atoms with Gasteiger partial charge >= 0.3 is 0 Å². The maximum Gasteiger partial charge on any atom is 0.225 e. The molecule has 0 atom stereocenters. The predicted octanol–water partition coefficient (Wildman–Crippen LogP) is 1.73. The highest BCUT2D eigenvalue weighted by molar-refractivity contribution is 5.91. The van der Waals surface area contributed by atoms with Gasteiger partial charge in [0.05, 0.1) is 7.11 Å². The summed E-state index contributed by atoms with van der Waals surface area (Å²) in [4.78, 5) is 11.6. The Balaban J connectivity index is 2.47. The molecule has 0 heterocycles. The number of aromatic hydroxyl groups is 1. The van der Waals surface area contributed by atoms with Gasteiger partial charge in [-0.2, -0.15) is 0 Å². The third kappa shape index (κ3) is 4.63. The summed E-state index contributed by atoms with van der Waals surface area (Å²) in [6.45, 7) is 4.68. The zero-order valence-corrected chi connectivity index (χ0v) is 11.0. The minimum atomic E-state index is -0.0901. The van der Waals surface area contributed by atoms with Crippen molar-refractivity contribution in [3.8, 4) is 11.5 Å². The summed E-state index contributed by atoms with van der Waals surface area (Å²) in [6.07, 6.45) is 0.394. The topological polar surface area (TPSA) is 70.6 Å². The Hall–Kier alpha value is -1.75. The molecule has 0 saturated carbocycles. The number of ether oxygens (including phenoxy) is 1. The number of rotatable bonds is 6. The molecule has 3 N–H and O–H groups in total. The number of hydrogen-bond acceptors (Lipinski definition) is 4. The molecule has 5 heteroatoms. The number of methoxy groups -OCH3 is 1. The van der Waals surface area contributed by atoms with E-state index in [4.69, 9.17) is 4.74 Å². The Bertz CT molecular complexity index is 405. The molecule has 0 aromatic heterocycles. The normalized spacial score (nSPS) is 10.4. The molecule has 0 spiro atoms. The lowest BCUT2D eigenvalue weighted by Crippen LogP contribution is -2.27. The zero-order valence-electron chi connectivity index (χ0n) is 11.0. The van der Waals surface area contributed by atoms with Gasteiger partial charge < -0.3 is 20.5 Å². The summed E-state index contributed by atoms with van der Waals surface area (Å²) in [5.74, 6) is 0.304. The Morgan fingerprint density at radius 1 is 1.44 bits per heavy atom. The fourth-order valence-corrected chi connectivity index (χ4v) is 1.47.